The van der Waals surface area contributed by atoms with Crippen LogP contribution in [-0.4, -0.2) is 37.3 Å². The van der Waals surface area contributed by atoms with Crippen molar-refractivity contribution >= 4 is 11.6 Å². The molecule has 1 aliphatic heterocycles. The number of rotatable bonds is 2. The molecule has 2 rings (SSSR count). The summed E-state index contributed by atoms with van der Waals surface area (Å²) in [5.74, 6) is 0.535. The lowest BCUT2D eigenvalue weighted by Crippen LogP contribution is -2.47. The number of anilines is 2. The van der Waals surface area contributed by atoms with Crippen LogP contribution in [0.2, 0.25) is 0 Å². The number of nitrogens with zero attached hydrogens (tertiary/aromatic N) is 2. The Labute approximate surface area is 115 Å². The summed E-state index contributed by atoms with van der Waals surface area (Å²) in [6.45, 7) is 4.81. The van der Waals surface area contributed by atoms with E-state index in [1.165, 1.54) is 0 Å². The van der Waals surface area contributed by atoms with Crippen molar-refractivity contribution in [3.8, 4) is 0 Å². The number of hydrogen-bond acceptors (Lipinski definition) is 4. The first kappa shape index (κ1) is 14.9. The van der Waals surface area contributed by atoms with Gasteiger partial charge in [-0.2, -0.15) is 13.2 Å². The predicted octanol–water partition coefficient (Wildman–Crippen LogP) is 2.76. The molecule has 2 heterocycles. The van der Waals surface area contributed by atoms with Gasteiger partial charge in [-0.05, 0) is 26.0 Å². The maximum absolute atomic E-state index is 12.9. The summed E-state index contributed by atoms with van der Waals surface area (Å²) in [6, 6.07) is 2.10. The van der Waals surface area contributed by atoms with Gasteiger partial charge in [0.1, 0.15) is 11.6 Å². The summed E-state index contributed by atoms with van der Waals surface area (Å²) < 4.78 is 44.3. The van der Waals surface area contributed by atoms with Crippen LogP contribution < -0.4 is 10.2 Å². The molecule has 2 unspecified atom stereocenters. The Hall–Kier alpha value is -1.50. The van der Waals surface area contributed by atoms with Gasteiger partial charge in [-0.25, -0.2) is 4.98 Å². The van der Waals surface area contributed by atoms with Gasteiger partial charge in [0.05, 0.1) is 24.3 Å². The second kappa shape index (κ2) is 5.47. The summed E-state index contributed by atoms with van der Waals surface area (Å²) in [4.78, 5) is 6.08. The second-order valence-electron chi connectivity index (χ2n) is 4.99. The zero-order chi connectivity index (χ0) is 14.9. The van der Waals surface area contributed by atoms with Gasteiger partial charge in [0.25, 0.3) is 0 Å². The van der Waals surface area contributed by atoms with Crippen LogP contribution in [0, 0.1) is 0 Å². The van der Waals surface area contributed by atoms with Crippen LogP contribution in [0.15, 0.2) is 12.1 Å². The highest BCUT2D eigenvalue weighted by Gasteiger charge is 2.33. The third-order valence-electron chi connectivity index (χ3n) is 3.30. The number of halogens is 3. The average molecular weight is 289 g/mol. The fourth-order valence-electron chi connectivity index (χ4n) is 2.18. The fourth-order valence-corrected chi connectivity index (χ4v) is 2.18. The zero-order valence-corrected chi connectivity index (χ0v) is 11.7. The molecular weight excluding hydrogens is 271 g/mol. The SMILES string of the molecule is CNc1cc(C(F)(F)F)cc(N2CC(C)OCC2C)n1. The van der Waals surface area contributed by atoms with Crippen LogP contribution in [0.3, 0.4) is 0 Å². The summed E-state index contributed by atoms with van der Waals surface area (Å²) in [6.07, 6.45) is -4.41. The molecule has 1 aromatic heterocycles. The van der Waals surface area contributed by atoms with Gasteiger partial charge in [0, 0.05) is 13.6 Å². The van der Waals surface area contributed by atoms with E-state index in [1.807, 2.05) is 18.7 Å². The maximum Gasteiger partial charge on any atom is 0.416 e. The lowest BCUT2D eigenvalue weighted by Gasteiger charge is -2.38. The standard InChI is InChI=1S/C13H18F3N3O/c1-8-7-20-9(2)6-19(8)12-5-10(13(14,15)16)4-11(17-3)18-12/h4-5,8-9H,6-7H2,1-3H3,(H,17,18). The zero-order valence-electron chi connectivity index (χ0n) is 11.7. The van der Waals surface area contributed by atoms with Gasteiger partial charge in [0.2, 0.25) is 0 Å². The quantitative estimate of drug-likeness (QED) is 0.908. The van der Waals surface area contributed by atoms with E-state index in [1.54, 1.807) is 7.05 Å². The van der Waals surface area contributed by atoms with Gasteiger partial charge in [0.15, 0.2) is 0 Å². The Bertz CT molecular complexity index is 478. The van der Waals surface area contributed by atoms with Crippen molar-refractivity contribution in [3.63, 3.8) is 0 Å². The first-order valence-corrected chi connectivity index (χ1v) is 6.46. The summed E-state index contributed by atoms with van der Waals surface area (Å²) >= 11 is 0. The largest absolute Gasteiger partial charge is 0.416 e. The number of nitrogens with one attached hydrogen (secondary N) is 1. The Morgan fingerprint density at radius 3 is 2.65 bits per heavy atom. The van der Waals surface area contributed by atoms with Gasteiger partial charge in [-0.1, -0.05) is 0 Å². The first-order valence-electron chi connectivity index (χ1n) is 6.46. The van der Waals surface area contributed by atoms with Gasteiger partial charge in [-0.3, -0.25) is 0 Å². The van der Waals surface area contributed by atoms with Gasteiger partial charge < -0.3 is 15.0 Å². The van der Waals surface area contributed by atoms with Crippen LogP contribution in [-0.2, 0) is 10.9 Å². The molecule has 1 aliphatic rings. The van der Waals surface area contributed by atoms with Crippen LogP contribution in [0.5, 0.6) is 0 Å². The molecule has 7 heteroatoms. The highest BCUT2D eigenvalue weighted by Crippen LogP contribution is 2.33. The van der Waals surface area contributed by atoms with Crippen LogP contribution in [0.4, 0.5) is 24.8 Å². The van der Waals surface area contributed by atoms with E-state index in [0.717, 1.165) is 12.1 Å². The molecule has 0 bridgehead atoms. The van der Waals surface area contributed by atoms with Crippen molar-refractivity contribution in [2.45, 2.75) is 32.2 Å². The molecule has 0 saturated carbocycles. The lowest BCUT2D eigenvalue weighted by atomic mass is 10.1. The number of morpholine rings is 1. The van der Waals surface area contributed by atoms with Crippen LogP contribution in [0.25, 0.3) is 0 Å². The summed E-state index contributed by atoms with van der Waals surface area (Å²) in [5.41, 5.74) is -0.696. The molecule has 1 N–H and O–H groups in total. The molecule has 0 radical (unpaired) electrons. The Morgan fingerprint density at radius 1 is 1.35 bits per heavy atom. The van der Waals surface area contributed by atoms with Crippen molar-refractivity contribution in [1.82, 2.24) is 4.98 Å². The fraction of sp³-hybridized carbons (Fsp3) is 0.615. The third-order valence-corrected chi connectivity index (χ3v) is 3.30. The minimum Gasteiger partial charge on any atom is -0.375 e. The Balaban J connectivity index is 2.39. The van der Waals surface area contributed by atoms with Crippen LogP contribution >= 0.6 is 0 Å². The van der Waals surface area contributed by atoms with Crippen molar-refractivity contribution in [2.75, 3.05) is 30.4 Å². The van der Waals surface area contributed by atoms with Crippen molar-refractivity contribution in [2.24, 2.45) is 0 Å². The molecule has 0 spiro atoms. The normalized spacial score (nSPS) is 23.8. The first-order chi connectivity index (χ1) is 9.31. The van der Waals surface area contributed by atoms with E-state index in [-0.39, 0.29) is 18.0 Å². The van der Waals surface area contributed by atoms with E-state index >= 15 is 0 Å². The van der Waals surface area contributed by atoms with Gasteiger partial charge in [-0.15, -0.1) is 0 Å². The van der Waals surface area contributed by atoms with Gasteiger partial charge >= 0.3 is 6.18 Å². The van der Waals surface area contributed by atoms with E-state index in [2.05, 4.69) is 10.3 Å². The third kappa shape index (κ3) is 3.15. The van der Waals surface area contributed by atoms with E-state index < -0.39 is 11.7 Å². The molecular formula is C13H18F3N3O. The molecule has 0 aliphatic carbocycles. The smallest absolute Gasteiger partial charge is 0.375 e. The number of aromatic nitrogens is 1. The average Bonchev–Trinajstić information content (AvgIpc) is 2.40. The molecule has 2 atom stereocenters. The highest BCUT2D eigenvalue weighted by molar-refractivity contribution is 5.52. The minimum atomic E-state index is -4.38. The molecule has 4 nitrogen and oxygen atoms in total. The lowest BCUT2D eigenvalue weighted by molar-refractivity contribution is -0.137. The van der Waals surface area contributed by atoms with E-state index in [4.69, 9.17) is 4.74 Å². The molecule has 0 amide bonds. The van der Waals surface area contributed by atoms with E-state index in [0.29, 0.717) is 19.0 Å². The van der Waals surface area contributed by atoms with Crippen molar-refractivity contribution in [1.29, 1.82) is 0 Å². The molecule has 1 saturated heterocycles. The molecule has 1 fully saturated rings. The summed E-state index contributed by atoms with van der Waals surface area (Å²) in [7, 11) is 1.55. The molecule has 1 aromatic rings. The van der Waals surface area contributed by atoms with Crippen LogP contribution in [0.1, 0.15) is 19.4 Å². The molecule has 0 aromatic carbocycles. The molecule has 112 valence electrons. The van der Waals surface area contributed by atoms with Crippen molar-refractivity contribution < 1.29 is 17.9 Å². The Morgan fingerprint density at radius 2 is 2.05 bits per heavy atom. The van der Waals surface area contributed by atoms with Crippen molar-refractivity contribution in [3.05, 3.63) is 17.7 Å². The Kier molecular flexibility index (Phi) is 4.08. The maximum atomic E-state index is 12.9. The topological polar surface area (TPSA) is 37.4 Å². The number of hydrogen-bond donors (Lipinski definition) is 1. The second-order valence-corrected chi connectivity index (χ2v) is 4.99. The number of alkyl halides is 3. The monoisotopic (exact) mass is 289 g/mol. The predicted molar refractivity (Wildman–Crippen MR) is 71.0 cm³/mol. The summed E-state index contributed by atoms with van der Waals surface area (Å²) in [5, 5.41) is 2.68. The number of ether oxygens (including phenoxy) is 1. The molecule has 20 heavy (non-hydrogen) atoms. The van der Waals surface area contributed by atoms with E-state index in [9.17, 15) is 13.2 Å². The number of pyridine rings is 1. The minimum absolute atomic E-state index is 0.00751. The highest BCUT2D eigenvalue weighted by atomic mass is 19.4.